The van der Waals surface area contributed by atoms with Crippen LogP contribution >= 0.6 is 15.9 Å². The lowest BCUT2D eigenvalue weighted by Crippen LogP contribution is -2.28. The third kappa shape index (κ3) is 2.09. The van der Waals surface area contributed by atoms with E-state index in [0.717, 1.165) is 24.1 Å². The summed E-state index contributed by atoms with van der Waals surface area (Å²) >= 11 is 3.54. The first-order chi connectivity index (χ1) is 7.24. The molecule has 0 aromatic carbocycles. The minimum absolute atomic E-state index is 0.314. The normalized spacial score (nSPS) is 23.3. The van der Waals surface area contributed by atoms with Crippen molar-refractivity contribution in [1.29, 1.82) is 0 Å². The maximum Gasteiger partial charge on any atom is 0.0695 e. The number of hydrogen-bond donors (Lipinski definition) is 1. The van der Waals surface area contributed by atoms with Gasteiger partial charge in [0.1, 0.15) is 0 Å². The van der Waals surface area contributed by atoms with Gasteiger partial charge in [0, 0.05) is 19.6 Å². The Morgan fingerprint density at radius 2 is 2.53 bits per heavy atom. The molecule has 0 amide bonds. The molecule has 0 aliphatic carbocycles. The second-order valence-electron chi connectivity index (χ2n) is 3.89. The van der Waals surface area contributed by atoms with Crippen LogP contribution in [0.5, 0.6) is 0 Å². The van der Waals surface area contributed by atoms with Gasteiger partial charge in [-0.05, 0) is 29.4 Å². The van der Waals surface area contributed by atoms with Gasteiger partial charge >= 0.3 is 0 Å². The largest absolute Gasteiger partial charge is 0.381 e. The summed E-state index contributed by atoms with van der Waals surface area (Å²) in [5.74, 6) is 0.543. The first-order valence-electron chi connectivity index (χ1n) is 5.16. The van der Waals surface area contributed by atoms with Crippen molar-refractivity contribution in [2.24, 2.45) is 13.0 Å². The number of rotatable bonds is 3. The molecule has 1 aliphatic rings. The number of ether oxygens (including phenoxy) is 1. The fourth-order valence-corrected chi connectivity index (χ4v) is 2.78. The van der Waals surface area contributed by atoms with Crippen molar-refractivity contribution >= 4 is 15.9 Å². The van der Waals surface area contributed by atoms with Gasteiger partial charge in [0.2, 0.25) is 0 Å². The molecule has 2 atom stereocenters. The van der Waals surface area contributed by atoms with Crippen molar-refractivity contribution in [2.45, 2.75) is 12.5 Å². The van der Waals surface area contributed by atoms with Crippen LogP contribution in [0.15, 0.2) is 10.7 Å². The molecule has 1 N–H and O–H groups in total. The zero-order valence-electron chi connectivity index (χ0n) is 9.03. The van der Waals surface area contributed by atoms with Crippen LogP contribution in [0.1, 0.15) is 18.2 Å². The van der Waals surface area contributed by atoms with Gasteiger partial charge in [-0.1, -0.05) is 0 Å². The summed E-state index contributed by atoms with van der Waals surface area (Å²) in [6.07, 6.45) is 2.96. The molecule has 2 rings (SSSR count). The van der Waals surface area contributed by atoms with E-state index in [0.29, 0.717) is 12.0 Å². The molecule has 15 heavy (non-hydrogen) atoms. The zero-order valence-corrected chi connectivity index (χ0v) is 10.6. The van der Waals surface area contributed by atoms with Crippen LogP contribution < -0.4 is 5.32 Å². The van der Waals surface area contributed by atoms with Crippen LogP contribution in [-0.2, 0) is 11.8 Å². The molecule has 0 saturated carbocycles. The van der Waals surface area contributed by atoms with Crippen molar-refractivity contribution in [3.8, 4) is 0 Å². The number of aryl methyl sites for hydroxylation is 1. The minimum atomic E-state index is 0.314. The smallest absolute Gasteiger partial charge is 0.0695 e. The van der Waals surface area contributed by atoms with Crippen molar-refractivity contribution in [2.75, 3.05) is 20.3 Å². The highest BCUT2D eigenvalue weighted by Gasteiger charge is 2.29. The van der Waals surface area contributed by atoms with E-state index >= 15 is 0 Å². The fourth-order valence-electron chi connectivity index (χ4n) is 2.18. The molecule has 1 fully saturated rings. The molecule has 0 bridgehead atoms. The lowest BCUT2D eigenvalue weighted by Gasteiger charge is -2.22. The molecule has 5 heteroatoms. The summed E-state index contributed by atoms with van der Waals surface area (Å²) in [4.78, 5) is 0. The third-order valence-corrected chi connectivity index (χ3v) is 3.59. The summed E-state index contributed by atoms with van der Waals surface area (Å²) in [6, 6.07) is 0.314. The second kappa shape index (κ2) is 4.63. The summed E-state index contributed by atoms with van der Waals surface area (Å²) < 4.78 is 8.42. The average Bonchev–Trinajstić information content (AvgIpc) is 2.83. The van der Waals surface area contributed by atoms with E-state index in [2.05, 4.69) is 26.3 Å². The maximum absolute atomic E-state index is 5.43. The number of nitrogens with one attached hydrogen (secondary N) is 1. The van der Waals surface area contributed by atoms with Gasteiger partial charge in [0.05, 0.1) is 29.0 Å². The van der Waals surface area contributed by atoms with Crippen molar-refractivity contribution < 1.29 is 4.74 Å². The Hall–Kier alpha value is -0.390. The Balaban J connectivity index is 2.25. The van der Waals surface area contributed by atoms with Crippen LogP contribution in [0, 0.1) is 5.92 Å². The molecule has 2 unspecified atom stereocenters. The fraction of sp³-hybridized carbons (Fsp3) is 0.700. The van der Waals surface area contributed by atoms with Gasteiger partial charge in [-0.15, -0.1) is 0 Å². The molecule has 84 valence electrons. The third-order valence-electron chi connectivity index (χ3n) is 2.98. The molecule has 2 heterocycles. The molecular formula is C10H16BrN3O. The lowest BCUT2D eigenvalue weighted by molar-refractivity contribution is 0.176. The predicted molar refractivity (Wildman–Crippen MR) is 61.6 cm³/mol. The lowest BCUT2D eigenvalue weighted by atomic mass is 9.96. The van der Waals surface area contributed by atoms with E-state index < -0.39 is 0 Å². The highest BCUT2D eigenvalue weighted by Crippen LogP contribution is 2.32. The van der Waals surface area contributed by atoms with Crippen LogP contribution in [0.4, 0.5) is 0 Å². The van der Waals surface area contributed by atoms with Crippen LogP contribution in [0.25, 0.3) is 0 Å². The van der Waals surface area contributed by atoms with E-state index in [1.54, 1.807) is 0 Å². The summed E-state index contributed by atoms with van der Waals surface area (Å²) in [5, 5.41) is 7.60. The highest BCUT2D eigenvalue weighted by molar-refractivity contribution is 9.10. The van der Waals surface area contributed by atoms with Crippen molar-refractivity contribution in [3.63, 3.8) is 0 Å². The Kier molecular flexibility index (Phi) is 3.43. The number of aromatic nitrogens is 2. The summed E-state index contributed by atoms with van der Waals surface area (Å²) in [6.45, 7) is 1.71. The molecule has 1 saturated heterocycles. The molecule has 0 radical (unpaired) electrons. The Morgan fingerprint density at radius 3 is 3.00 bits per heavy atom. The van der Waals surface area contributed by atoms with E-state index in [-0.39, 0.29) is 0 Å². The first-order valence-corrected chi connectivity index (χ1v) is 5.95. The zero-order chi connectivity index (χ0) is 10.8. The first kappa shape index (κ1) is 11.1. The SMILES string of the molecule is CNC(c1c(Br)cnn1C)C1CCOC1. The Bertz CT molecular complexity index is 314. The molecular weight excluding hydrogens is 258 g/mol. The topological polar surface area (TPSA) is 39.1 Å². The molecule has 1 aromatic heterocycles. The van der Waals surface area contributed by atoms with Gasteiger partial charge in [0.25, 0.3) is 0 Å². The average molecular weight is 274 g/mol. The monoisotopic (exact) mass is 273 g/mol. The van der Waals surface area contributed by atoms with E-state index in [1.165, 1.54) is 5.69 Å². The number of hydrogen-bond acceptors (Lipinski definition) is 3. The van der Waals surface area contributed by atoms with Gasteiger partial charge in [-0.25, -0.2) is 0 Å². The van der Waals surface area contributed by atoms with Crippen LogP contribution in [0.2, 0.25) is 0 Å². The highest BCUT2D eigenvalue weighted by atomic mass is 79.9. The molecule has 0 spiro atoms. The molecule has 1 aromatic rings. The molecule has 1 aliphatic heterocycles. The van der Waals surface area contributed by atoms with Gasteiger partial charge < -0.3 is 10.1 Å². The van der Waals surface area contributed by atoms with Gasteiger partial charge in [-0.3, -0.25) is 4.68 Å². The van der Waals surface area contributed by atoms with Gasteiger partial charge in [-0.2, -0.15) is 5.10 Å². The van der Waals surface area contributed by atoms with Gasteiger partial charge in [0.15, 0.2) is 0 Å². The standard InChI is InChI=1S/C10H16BrN3O/c1-12-9(7-3-4-15-6-7)10-8(11)5-13-14(10)2/h5,7,9,12H,3-4,6H2,1-2H3. The Labute approximate surface area is 98.1 Å². The molecule has 4 nitrogen and oxygen atoms in total. The number of nitrogens with zero attached hydrogens (tertiary/aromatic N) is 2. The van der Waals surface area contributed by atoms with E-state index in [4.69, 9.17) is 4.74 Å². The predicted octanol–water partition coefficient (Wildman–Crippen LogP) is 1.48. The van der Waals surface area contributed by atoms with E-state index in [1.807, 2.05) is 25.0 Å². The van der Waals surface area contributed by atoms with Crippen molar-refractivity contribution in [1.82, 2.24) is 15.1 Å². The van der Waals surface area contributed by atoms with Crippen LogP contribution in [0.3, 0.4) is 0 Å². The van der Waals surface area contributed by atoms with Crippen LogP contribution in [-0.4, -0.2) is 30.0 Å². The van der Waals surface area contributed by atoms with Crippen molar-refractivity contribution in [3.05, 3.63) is 16.4 Å². The second-order valence-corrected chi connectivity index (χ2v) is 4.75. The number of halogens is 1. The summed E-state index contributed by atoms with van der Waals surface area (Å²) in [5.41, 5.74) is 1.20. The minimum Gasteiger partial charge on any atom is -0.381 e. The van der Waals surface area contributed by atoms with E-state index in [9.17, 15) is 0 Å². The quantitative estimate of drug-likeness (QED) is 0.907. The summed E-state index contributed by atoms with van der Waals surface area (Å²) in [7, 11) is 3.96. The Morgan fingerprint density at radius 1 is 1.73 bits per heavy atom. The maximum atomic E-state index is 5.43.